The van der Waals surface area contributed by atoms with Crippen LogP contribution in [-0.2, 0) is 4.74 Å². The van der Waals surface area contributed by atoms with E-state index >= 15 is 0 Å². The van der Waals surface area contributed by atoms with Crippen molar-refractivity contribution < 1.29 is 9.53 Å². The van der Waals surface area contributed by atoms with Gasteiger partial charge in [0.15, 0.2) is 0 Å². The SMILES string of the molecule is COC(=O)c1ccccc1-c1ccccc1-c1ccccc1. The molecule has 22 heavy (non-hydrogen) atoms. The smallest absolute Gasteiger partial charge is 0.338 e. The highest BCUT2D eigenvalue weighted by atomic mass is 16.5. The van der Waals surface area contributed by atoms with Gasteiger partial charge in [-0.05, 0) is 28.3 Å². The molecule has 0 aliphatic rings. The summed E-state index contributed by atoms with van der Waals surface area (Å²) in [7, 11) is 1.40. The first kappa shape index (κ1) is 14.1. The molecule has 0 spiro atoms. The first-order valence-corrected chi connectivity index (χ1v) is 7.13. The average Bonchev–Trinajstić information content (AvgIpc) is 2.62. The van der Waals surface area contributed by atoms with Crippen LogP contribution in [0, 0.1) is 0 Å². The number of methoxy groups -OCH3 is 1. The summed E-state index contributed by atoms with van der Waals surface area (Å²) >= 11 is 0. The van der Waals surface area contributed by atoms with Gasteiger partial charge in [0, 0.05) is 0 Å². The molecule has 0 saturated carbocycles. The zero-order chi connectivity index (χ0) is 15.4. The van der Waals surface area contributed by atoms with E-state index < -0.39 is 0 Å². The molecule has 0 heterocycles. The second-order valence-corrected chi connectivity index (χ2v) is 4.95. The minimum Gasteiger partial charge on any atom is -0.465 e. The maximum Gasteiger partial charge on any atom is 0.338 e. The predicted octanol–water partition coefficient (Wildman–Crippen LogP) is 4.81. The van der Waals surface area contributed by atoms with Crippen molar-refractivity contribution >= 4 is 5.97 Å². The van der Waals surface area contributed by atoms with Gasteiger partial charge in [0.1, 0.15) is 0 Å². The van der Waals surface area contributed by atoms with Crippen molar-refractivity contribution in [3.63, 3.8) is 0 Å². The molecule has 0 aliphatic heterocycles. The van der Waals surface area contributed by atoms with Crippen LogP contribution in [0.3, 0.4) is 0 Å². The van der Waals surface area contributed by atoms with Crippen LogP contribution in [0.5, 0.6) is 0 Å². The van der Waals surface area contributed by atoms with E-state index in [0.717, 1.165) is 22.3 Å². The molecule has 0 unspecified atom stereocenters. The third-order valence-corrected chi connectivity index (χ3v) is 3.63. The van der Waals surface area contributed by atoms with E-state index in [1.54, 1.807) is 6.07 Å². The lowest BCUT2D eigenvalue weighted by atomic mass is 9.92. The summed E-state index contributed by atoms with van der Waals surface area (Å²) in [5, 5.41) is 0. The van der Waals surface area contributed by atoms with Gasteiger partial charge >= 0.3 is 5.97 Å². The lowest BCUT2D eigenvalue weighted by Crippen LogP contribution is -2.03. The molecule has 0 aromatic heterocycles. The quantitative estimate of drug-likeness (QED) is 0.647. The second kappa shape index (κ2) is 6.27. The molecule has 0 atom stereocenters. The van der Waals surface area contributed by atoms with E-state index in [-0.39, 0.29) is 5.97 Å². The molecule has 0 radical (unpaired) electrons. The summed E-state index contributed by atoms with van der Waals surface area (Å²) in [4.78, 5) is 12.0. The van der Waals surface area contributed by atoms with Gasteiger partial charge in [-0.15, -0.1) is 0 Å². The number of esters is 1. The first-order chi connectivity index (χ1) is 10.8. The number of carbonyl (C=O) groups excluding carboxylic acids is 1. The van der Waals surface area contributed by atoms with Crippen LogP contribution in [0.4, 0.5) is 0 Å². The van der Waals surface area contributed by atoms with Gasteiger partial charge in [0.05, 0.1) is 12.7 Å². The van der Waals surface area contributed by atoms with Gasteiger partial charge in [0.2, 0.25) is 0 Å². The molecule has 3 aromatic carbocycles. The fourth-order valence-electron chi connectivity index (χ4n) is 2.59. The fraction of sp³-hybridized carbons (Fsp3) is 0.0500. The van der Waals surface area contributed by atoms with Crippen molar-refractivity contribution in [2.75, 3.05) is 7.11 Å². The highest BCUT2D eigenvalue weighted by molar-refractivity contribution is 5.99. The van der Waals surface area contributed by atoms with E-state index in [2.05, 4.69) is 18.2 Å². The summed E-state index contributed by atoms with van der Waals surface area (Å²) in [6.45, 7) is 0. The Labute approximate surface area is 130 Å². The molecule has 2 nitrogen and oxygen atoms in total. The monoisotopic (exact) mass is 288 g/mol. The third-order valence-electron chi connectivity index (χ3n) is 3.63. The molecular formula is C20H16O2. The van der Waals surface area contributed by atoms with E-state index in [4.69, 9.17) is 4.74 Å². The van der Waals surface area contributed by atoms with Gasteiger partial charge in [0.25, 0.3) is 0 Å². The van der Waals surface area contributed by atoms with E-state index in [1.165, 1.54) is 7.11 Å². The molecule has 0 amide bonds. The Kier molecular flexibility index (Phi) is 4.01. The molecule has 3 aromatic rings. The van der Waals surface area contributed by atoms with Crippen LogP contribution in [0.1, 0.15) is 10.4 Å². The highest BCUT2D eigenvalue weighted by Gasteiger charge is 2.15. The van der Waals surface area contributed by atoms with Crippen LogP contribution in [0.2, 0.25) is 0 Å². The van der Waals surface area contributed by atoms with Crippen LogP contribution in [-0.4, -0.2) is 13.1 Å². The Morgan fingerprint density at radius 3 is 1.91 bits per heavy atom. The number of hydrogen-bond donors (Lipinski definition) is 0. The number of rotatable bonds is 3. The summed E-state index contributed by atoms with van der Waals surface area (Å²) in [5.74, 6) is -0.321. The van der Waals surface area contributed by atoms with Gasteiger partial charge < -0.3 is 4.74 Å². The first-order valence-electron chi connectivity index (χ1n) is 7.13. The Hall–Kier alpha value is -2.87. The van der Waals surface area contributed by atoms with Gasteiger partial charge in [-0.3, -0.25) is 0 Å². The van der Waals surface area contributed by atoms with E-state index in [1.807, 2.05) is 54.6 Å². The molecule has 0 saturated heterocycles. The van der Waals surface area contributed by atoms with Gasteiger partial charge in [-0.2, -0.15) is 0 Å². The van der Waals surface area contributed by atoms with Crippen molar-refractivity contribution in [1.82, 2.24) is 0 Å². The summed E-state index contributed by atoms with van der Waals surface area (Å²) in [6.07, 6.45) is 0. The molecule has 2 heteroatoms. The molecule has 0 fully saturated rings. The van der Waals surface area contributed by atoms with Crippen molar-refractivity contribution in [3.05, 3.63) is 84.4 Å². The van der Waals surface area contributed by atoms with Crippen molar-refractivity contribution in [2.45, 2.75) is 0 Å². The van der Waals surface area contributed by atoms with Crippen molar-refractivity contribution in [1.29, 1.82) is 0 Å². The molecule has 0 bridgehead atoms. The maximum atomic E-state index is 12.0. The van der Waals surface area contributed by atoms with Gasteiger partial charge in [-0.25, -0.2) is 4.79 Å². The average molecular weight is 288 g/mol. The Morgan fingerprint density at radius 1 is 0.682 bits per heavy atom. The number of carbonyl (C=O) groups is 1. The third kappa shape index (κ3) is 2.63. The lowest BCUT2D eigenvalue weighted by molar-refractivity contribution is 0.0601. The summed E-state index contributed by atoms with van der Waals surface area (Å²) in [5.41, 5.74) is 4.70. The zero-order valence-electron chi connectivity index (χ0n) is 12.3. The summed E-state index contributed by atoms with van der Waals surface area (Å²) in [6, 6.07) is 25.8. The largest absolute Gasteiger partial charge is 0.465 e. The standard InChI is InChI=1S/C20H16O2/c1-22-20(21)19-14-8-7-13-18(19)17-12-6-5-11-16(17)15-9-3-2-4-10-15/h2-14H,1H3. The minimum absolute atomic E-state index is 0.321. The normalized spacial score (nSPS) is 10.2. The molecule has 3 rings (SSSR count). The van der Waals surface area contributed by atoms with E-state index in [0.29, 0.717) is 5.56 Å². The molecule has 0 N–H and O–H groups in total. The molecule has 0 aliphatic carbocycles. The Morgan fingerprint density at radius 2 is 1.23 bits per heavy atom. The molecular weight excluding hydrogens is 272 g/mol. The minimum atomic E-state index is -0.321. The van der Waals surface area contributed by atoms with E-state index in [9.17, 15) is 4.79 Å². The Balaban J connectivity index is 2.21. The van der Waals surface area contributed by atoms with Crippen LogP contribution in [0.25, 0.3) is 22.3 Å². The second-order valence-electron chi connectivity index (χ2n) is 4.95. The van der Waals surface area contributed by atoms with Crippen molar-refractivity contribution in [2.24, 2.45) is 0 Å². The highest BCUT2D eigenvalue weighted by Crippen LogP contribution is 2.33. The van der Waals surface area contributed by atoms with Crippen LogP contribution >= 0.6 is 0 Å². The van der Waals surface area contributed by atoms with Gasteiger partial charge in [-0.1, -0.05) is 72.8 Å². The van der Waals surface area contributed by atoms with Crippen LogP contribution in [0.15, 0.2) is 78.9 Å². The Bertz CT molecular complexity index is 792. The number of benzene rings is 3. The molecule has 108 valence electrons. The topological polar surface area (TPSA) is 26.3 Å². The predicted molar refractivity (Wildman–Crippen MR) is 88.7 cm³/mol. The van der Waals surface area contributed by atoms with Crippen LogP contribution < -0.4 is 0 Å². The lowest BCUT2D eigenvalue weighted by Gasteiger charge is -2.13. The number of hydrogen-bond acceptors (Lipinski definition) is 2. The summed E-state index contributed by atoms with van der Waals surface area (Å²) < 4.78 is 4.91. The zero-order valence-corrected chi connectivity index (χ0v) is 12.3. The van der Waals surface area contributed by atoms with Crippen molar-refractivity contribution in [3.8, 4) is 22.3 Å². The maximum absolute atomic E-state index is 12.0. The number of ether oxygens (including phenoxy) is 1. The fourth-order valence-corrected chi connectivity index (χ4v) is 2.59.